The highest BCUT2D eigenvalue weighted by atomic mass is 32.2. The second-order valence-electron chi connectivity index (χ2n) is 9.91. The van der Waals surface area contributed by atoms with Crippen LogP contribution in [0.25, 0.3) is 0 Å². The average Bonchev–Trinajstić information content (AvgIpc) is 3.50. The summed E-state index contributed by atoms with van der Waals surface area (Å²) in [7, 11) is -2.29. The van der Waals surface area contributed by atoms with Crippen LogP contribution in [0.2, 0.25) is 0 Å². The Balaban J connectivity index is 1.38. The molecule has 3 aromatic carbocycles. The predicted molar refractivity (Wildman–Crippen MR) is 166 cm³/mol. The molecule has 4 aromatic rings. The lowest BCUT2D eigenvalue weighted by atomic mass is 10.1. The van der Waals surface area contributed by atoms with Gasteiger partial charge in [-0.25, -0.2) is 13.1 Å². The van der Waals surface area contributed by atoms with Gasteiger partial charge in [-0.3, -0.25) is 4.79 Å². The first kappa shape index (κ1) is 28.7. The van der Waals surface area contributed by atoms with Crippen molar-refractivity contribution < 1.29 is 17.9 Å². The van der Waals surface area contributed by atoms with Crippen LogP contribution in [0.5, 0.6) is 5.75 Å². The van der Waals surface area contributed by atoms with Crippen molar-refractivity contribution in [3.8, 4) is 5.75 Å². The maximum absolute atomic E-state index is 13.8. The van der Waals surface area contributed by atoms with Crippen molar-refractivity contribution >= 4 is 44.3 Å². The van der Waals surface area contributed by atoms with E-state index in [1.165, 1.54) is 11.3 Å². The molecule has 1 atom stereocenters. The van der Waals surface area contributed by atoms with E-state index in [-0.39, 0.29) is 17.2 Å². The van der Waals surface area contributed by atoms with Crippen LogP contribution in [0.1, 0.15) is 23.4 Å². The maximum atomic E-state index is 13.8. The molecule has 10 heteroatoms. The molecule has 0 radical (unpaired) electrons. The highest BCUT2D eigenvalue weighted by Gasteiger charge is 2.27. The summed E-state index contributed by atoms with van der Waals surface area (Å²) in [5, 5.41) is 4.81. The summed E-state index contributed by atoms with van der Waals surface area (Å²) in [4.78, 5) is 18.2. The first-order chi connectivity index (χ1) is 19.8. The minimum absolute atomic E-state index is 0.145. The van der Waals surface area contributed by atoms with Gasteiger partial charge in [0, 0.05) is 48.5 Å². The van der Waals surface area contributed by atoms with Gasteiger partial charge < -0.3 is 19.9 Å². The zero-order valence-electron chi connectivity index (χ0n) is 23.1. The van der Waals surface area contributed by atoms with Crippen LogP contribution in [-0.2, 0) is 21.2 Å². The molecule has 1 aliphatic heterocycles. The number of amides is 1. The predicted octanol–water partition coefficient (Wildman–Crippen LogP) is 5.30. The molecule has 1 fully saturated rings. The molecular weight excluding hydrogens is 556 g/mol. The third kappa shape index (κ3) is 7.08. The number of nitrogens with one attached hydrogen (secondary N) is 2. The fraction of sp³-hybridized carbons (Fsp3) is 0.258. The van der Waals surface area contributed by atoms with Crippen molar-refractivity contribution in [3.05, 3.63) is 101 Å². The fourth-order valence-corrected chi connectivity index (χ4v) is 7.14. The van der Waals surface area contributed by atoms with Gasteiger partial charge in [-0.05, 0) is 66.4 Å². The second-order valence-corrected chi connectivity index (χ2v) is 12.6. The minimum Gasteiger partial charge on any atom is -0.497 e. The number of rotatable bonds is 10. The summed E-state index contributed by atoms with van der Waals surface area (Å²) in [5.41, 5.74) is 3.02. The Bertz CT molecular complexity index is 1550. The van der Waals surface area contributed by atoms with Gasteiger partial charge in [0.2, 0.25) is 15.9 Å². The Morgan fingerprint density at radius 2 is 1.63 bits per heavy atom. The lowest BCUT2D eigenvalue weighted by Gasteiger charge is -2.38. The van der Waals surface area contributed by atoms with Gasteiger partial charge in [0.25, 0.3) is 0 Å². The zero-order valence-corrected chi connectivity index (χ0v) is 24.8. The van der Waals surface area contributed by atoms with Gasteiger partial charge in [0.1, 0.15) is 10.6 Å². The molecule has 8 nitrogen and oxygen atoms in total. The van der Waals surface area contributed by atoms with E-state index in [9.17, 15) is 13.2 Å². The number of benzene rings is 3. The van der Waals surface area contributed by atoms with Crippen LogP contribution in [0.3, 0.4) is 0 Å². The van der Waals surface area contributed by atoms with E-state index >= 15 is 0 Å². The Kier molecular flexibility index (Phi) is 8.92. The van der Waals surface area contributed by atoms with Crippen molar-refractivity contribution in [1.29, 1.82) is 0 Å². The monoisotopic (exact) mass is 590 g/mol. The Labute approximate surface area is 245 Å². The summed E-state index contributed by atoms with van der Waals surface area (Å²) < 4.78 is 35.8. The SMILES string of the molecule is COc1ccc(N2CCN(c3ccc(NC(=O)Cc4cccs4)cc3S(=O)(=O)N[C@H](C)c3ccccc3)CC2)cc1. The molecule has 5 rings (SSSR count). The molecule has 0 aliphatic carbocycles. The van der Waals surface area contributed by atoms with Gasteiger partial charge in [-0.15, -0.1) is 11.3 Å². The zero-order chi connectivity index (χ0) is 28.8. The number of carbonyl (C=O) groups is 1. The Hall–Kier alpha value is -3.86. The van der Waals surface area contributed by atoms with Gasteiger partial charge >= 0.3 is 0 Å². The molecular formula is C31H34N4O4S2. The molecule has 1 aliphatic rings. The van der Waals surface area contributed by atoms with Crippen molar-refractivity contribution in [2.45, 2.75) is 24.3 Å². The molecule has 1 amide bonds. The standard InChI is InChI=1S/C31H34N4O4S2/c1-23(24-7-4-3-5-8-24)33-41(37,38)30-21-25(32-31(36)22-28-9-6-20-40-28)10-15-29(30)35-18-16-34(17-19-35)26-11-13-27(39-2)14-12-26/h3-15,20-21,23,33H,16-19,22H2,1-2H3,(H,32,36)/t23-/m1/s1. The molecule has 1 aromatic heterocycles. The van der Waals surface area contributed by atoms with Gasteiger partial charge in [0.05, 0.1) is 19.2 Å². The van der Waals surface area contributed by atoms with Gasteiger partial charge in [0.15, 0.2) is 0 Å². The molecule has 0 unspecified atom stereocenters. The van der Waals surface area contributed by atoms with E-state index in [2.05, 4.69) is 19.8 Å². The topological polar surface area (TPSA) is 91.0 Å². The number of thiophene rings is 1. The van der Waals surface area contributed by atoms with Crippen LogP contribution in [0, 0.1) is 0 Å². The maximum Gasteiger partial charge on any atom is 0.243 e. The number of nitrogens with zero attached hydrogens (tertiary/aromatic N) is 2. The minimum atomic E-state index is -3.94. The van der Waals surface area contributed by atoms with E-state index < -0.39 is 16.1 Å². The number of ether oxygens (including phenoxy) is 1. The highest BCUT2D eigenvalue weighted by molar-refractivity contribution is 7.89. The lowest BCUT2D eigenvalue weighted by Crippen LogP contribution is -2.47. The number of sulfonamides is 1. The first-order valence-electron chi connectivity index (χ1n) is 13.5. The molecule has 2 N–H and O–H groups in total. The summed E-state index contributed by atoms with van der Waals surface area (Å²) in [6, 6.07) is 25.9. The van der Waals surface area contributed by atoms with Crippen molar-refractivity contribution in [1.82, 2.24) is 4.72 Å². The summed E-state index contributed by atoms with van der Waals surface area (Å²) in [6.07, 6.45) is 0.234. The van der Waals surface area contributed by atoms with Crippen LogP contribution in [0.15, 0.2) is 95.2 Å². The van der Waals surface area contributed by atoms with E-state index in [0.29, 0.717) is 24.5 Å². The summed E-state index contributed by atoms with van der Waals surface area (Å²) >= 11 is 1.51. The smallest absolute Gasteiger partial charge is 0.243 e. The number of methoxy groups -OCH3 is 1. The molecule has 214 valence electrons. The number of hydrogen-bond donors (Lipinski definition) is 2. The number of anilines is 3. The molecule has 0 spiro atoms. The van der Waals surface area contributed by atoms with E-state index in [1.54, 1.807) is 25.3 Å². The van der Waals surface area contributed by atoms with Crippen LogP contribution < -0.4 is 24.6 Å². The number of hydrogen-bond acceptors (Lipinski definition) is 7. The van der Waals surface area contributed by atoms with Crippen molar-refractivity contribution in [2.24, 2.45) is 0 Å². The lowest BCUT2D eigenvalue weighted by molar-refractivity contribution is -0.115. The number of piperazine rings is 1. The van der Waals surface area contributed by atoms with Crippen LogP contribution in [-0.4, -0.2) is 47.6 Å². The third-order valence-electron chi connectivity index (χ3n) is 7.14. The molecule has 0 saturated carbocycles. The van der Waals surface area contributed by atoms with E-state index in [0.717, 1.165) is 35.0 Å². The quantitative estimate of drug-likeness (QED) is 0.260. The third-order valence-corrected chi connectivity index (χ3v) is 9.58. The summed E-state index contributed by atoms with van der Waals surface area (Å²) in [6.45, 7) is 4.59. The number of carbonyl (C=O) groups excluding carboxylic acids is 1. The van der Waals surface area contributed by atoms with E-state index in [1.807, 2.05) is 79.0 Å². The second kappa shape index (κ2) is 12.8. The normalized spacial score (nSPS) is 14.5. The Morgan fingerprint density at radius 1 is 0.927 bits per heavy atom. The van der Waals surface area contributed by atoms with Crippen LogP contribution in [0.4, 0.5) is 17.1 Å². The molecule has 1 saturated heterocycles. The van der Waals surface area contributed by atoms with Gasteiger partial charge in [-0.2, -0.15) is 0 Å². The average molecular weight is 591 g/mol. The molecule has 41 heavy (non-hydrogen) atoms. The van der Waals surface area contributed by atoms with Crippen molar-refractivity contribution in [3.63, 3.8) is 0 Å². The van der Waals surface area contributed by atoms with Crippen LogP contribution >= 0.6 is 11.3 Å². The Morgan fingerprint density at radius 3 is 2.29 bits per heavy atom. The largest absolute Gasteiger partial charge is 0.497 e. The highest BCUT2D eigenvalue weighted by Crippen LogP contribution is 2.32. The van der Waals surface area contributed by atoms with Gasteiger partial charge in [-0.1, -0.05) is 36.4 Å². The van der Waals surface area contributed by atoms with E-state index in [4.69, 9.17) is 4.74 Å². The first-order valence-corrected chi connectivity index (χ1v) is 15.9. The molecule has 2 heterocycles. The van der Waals surface area contributed by atoms with Crippen molar-refractivity contribution in [2.75, 3.05) is 48.4 Å². The molecule has 0 bridgehead atoms. The fourth-order valence-electron chi connectivity index (χ4n) is 4.95. The summed E-state index contributed by atoms with van der Waals surface area (Å²) in [5.74, 6) is 0.615.